The van der Waals surface area contributed by atoms with Crippen LogP contribution in [0.2, 0.25) is 0 Å². The van der Waals surface area contributed by atoms with Crippen molar-refractivity contribution >= 4 is 11.5 Å². The molecule has 1 aromatic rings. The number of carbonyl (C=O) groups excluding carboxylic acids is 1. The van der Waals surface area contributed by atoms with Crippen LogP contribution < -0.4 is 4.90 Å². The van der Waals surface area contributed by atoms with Gasteiger partial charge in [0, 0.05) is 24.7 Å². The van der Waals surface area contributed by atoms with E-state index in [0.29, 0.717) is 6.42 Å². The van der Waals surface area contributed by atoms with Crippen LogP contribution in [0.4, 0.5) is 5.69 Å². The van der Waals surface area contributed by atoms with Gasteiger partial charge in [-0.2, -0.15) is 0 Å². The molecule has 1 aromatic carbocycles. The molecule has 1 atom stereocenters. The van der Waals surface area contributed by atoms with E-state index in [1.165, 1.54) is 11.3 Å². The first kappa shape index (κ1) is 12.8. The Hall–Kier alpha value is -1.31. The molecule has 0 heterocycles. The summed E-state index contributed by atoms with van der Waals surface area (Å²) in [6.45, 7) is 8.90. The van der Waals surface area contributed by atoms with Crippen LogP contribution in [0.5, 0.6) is 0 Å². The van der Waals surface area contributed by atoms with E-state index in [1.807, 2.05) is 0 Å². The standard InChI is InChI=1S/C14H21NO/c1-5-15(12(3)10-13(4)16)14-8-6-7-11(2)9-14/h6-9,12H,5,10H2,1-4H3. The normalized spacial score (nSPS) is 12.2. The Labute approximate surface area is 98.3 Å². The molecule has 2 nitrogen and oxygen atoms in total. The number of hydrogen-bond acceptors (Lipinski definition) is 2. The SMILES string of the molecule is CCN(c1cccc(C)c1)C(C)CC(C)=O. The first-order chi connectivity index (χ1) is 7.54. The molecule has 1 unspecified atom stereocenters. The molecular formula is C14H21NO. The zero-order valence-corrected chi connectivity index (χ0v) is 10.7. The summed E-state index contributed by atoms with van der Waals surface area (Å²) in [7, 11) is 0. The van der Waals surface area contributed by atoms with Crippen molar-refractivity contribution in [2.75, 3.05) is 11.4 Å². The highest BCUT2D eigenvalue weighted by molar-refractivity contribution is 5.76. The predicted octanol–water partition coefficient (Wildman–Crippen LogP) is 3.19. The molecule has 0 radical (unpaired) electrons. The molecule has 0 saturated carbocycles. The molecule has 88 valence electrons. The average molecular weight is 219 g/mol. The van der Waals surface area contributed by atoms with Gasteiger partial charge in [0.05, 0.1) is 0 Å². The van der Waals surface area contributed by atoms with Crippen LogP contribution in [0.25, 0.3) is 0 Å². The second-order valence-corrected chi connectivity index (χ2v) is 4.38. The molecule has 2 heteroatoms. The second kappa shape index (κ2) is 5.69. The number of aryl methyl sites for hydroxylation is 1. The molecule has 0 aliphatic heterocycles. The van der Waals surface area contributed by atoms with E-state index < -0.39 is 0 Å². The molecule has 0 aliphatic carbocycles. The smallest absolute Gasteiger partial charge is 0.131 e. The summed E-state index contributed by atoms with van der Waals surface area (Å²) < 4.78 is 0. The van der Waals surface area contributed by atoms with E-state index in [9.17, 15) is 4.79 Å². The van der Waals surface area contributed by atoms with Crippen LogP contribution in [0.1, 0.15) is 32.8 Å². The Balaban J connectivity index is 2.85. The van der Waals surface area contributed by atoms with Crippen LogP contribution >= 0.6 is 0 Å². The topological polar surface area (TPSA) is 20.3 Å². The van der Waals surface area contributed by atoms with Gasteiger partial charge in [0.2, 0.25) is 0 Å². The van der Waals surface area contributed by atoms with E-state index in [4.69, 9.17) is 0 Å². The molecule has 0 amide bonds. The van der Waals surface area contributed by atoms with Crippen molar-refractivity contribution in [1.29, 1.82) is 0 Å². The van der Waals surface area contributed by atoms with E-state index in [1.54, 1.807) is 6.92 Å². The molecule has 0 N–H and O–H groups in total. The lowest BCUT2D eigenvalue weighted by Crippen LogP contribution is -2.34. The molecule has 1 rings (SSSR count). The number of nitrogens with zero attached hydrogens (tertiary/aromatic N) is 1. The number of carbonyl (C=O) groups is 1. The molecule has 0 spiro atoms. The van der Waals surface area contributed by atoms with Crippen molar-refractivity contribution in [2.24, 2.45) is 0 Å². The highest BCUT2D eigenvalue weighted by Crippen LogP contribution is 2.19. The number of rotatable bonds is 5. The minimum absolute atomic E-state index is 0.249. The summed E-state index contributed by atoms with van der Waals surface area (Å²) in [4.78, 5) is 13.4. The fourth-order valence-electron chi connectivity index (χ4n) is 2.08. The van der Waals surface area contributed by atoms with Crippen LogP contribution in [-0.2, 0) is 4.79 Å². The van der Waals surface area contributed by atoms with E-state index in [-0.39, 0.29) is 11.8 Å². The van der Waals surface area contributed by atoms with Crippen molar-refractivity contribution in [3.8, 4) is 0 Å². The Morgan fingerprint density at radius 1 is 1.44 bits per heavy atom. The molecule has 0 saturated heterocycles. The van der Waals surface area contributed by atoms with Gasteiger partial charge < -0.3 is 4.90 Å². The minimum Gasteiger partial charge on any atom is -0.369 e. The second-order valence-electron chi connectivity index (χ2n) is 4.38. The lowest BCUT2D eigenvalue weighted by Gasteiger charge is -2.30. The summed E-state index contributed by atoms with van der Waals surface area (Å²) in [5, 5.41) is 0. The predicted molar refractivity (Wildman–Crippen MR) is 69.0 cm³/mol. The first-order valence-corrected chi connectivity index (χ1v) is 5.87. The van der Waals surface area contributed by atoms with Crippen molar-refractivity contribution in [3.05, 3.63) is 29.8 Å². The monoisotopic (exact) mass is 219 g/mol. The highest BCUT2D eigenvalue weighted by atomic mass is 16.1. The van der Waals surface area contributed by atoms with Gasteiger partial charge in [-0.1, -0.05) is 12.1 Å². The lowest BCUT2D eigenvalue weighted by molar-refractivity contribution is -0.117. The maximum Gasteiger partial charge on any atom is 0.131 e. The minimum atomic E-state index is 0.249. The maximum absolute atomic E-state index is 11.1. The van der Waals surface area contributed by atoms with Gasteiger partial charge in [-0.3, -0.25) is 4.79 Å². The maximum atomic E-state index is 11.1. The number of anilines is 1. The quantitative estimate of drug-likeness (QED) is 0.758. The van der Waals surface area contributed by atoms with Crippen LogP contribution in [0.3, 0.4) is 0 Å². The fraction of sp³-hybridized carbons (Fsp3) is 0.500. The zero-order chi connectivity index (χ0) is 12.1. The Kier molecular flexibility index (Phi) is 4.53. The lowest BCUT2D eigenvalue weighted by atomic mass is 10.1. The van der Waals surface area contributed by atoms with Crippen LogP contribution in [-0.4, -0.2) is 18.4 Å². The summed E-state index contributed by atoms with van der Waals surface area (Å²) in [6, 6.07) is 8.69. The summed E-state index contributed by atoms with van der Waals surface area (Å²) in [6.07, 6.45) is 0.613. The largest absolute Gasteiger partial charge is 0.369 e. The zero-order valence-electron chi connectivity index (χ0n) is 10.7. The van der Waals surface area contributed by atoms with Gasteiger partial charge in [-0.05, 0) is 45.4 Å². The van der Waals surface area contributed by atoms with Gasteiger partial charge in [0.1, 0.15) is 5.78 Å². The van der Waals surface area contributed by atoms with E-state index in [0.717, 1.165) is 6.54 Å². The molecule has 0 aliphatic rings. The number of Topliss-reactive ketones (excluding diaryl/α,β-unsaturated/α-hetero) is 1. The summed E-state index contributed by atoms with van der Waals surface area (Å²) in [5.41, 5.74) is 2.46. The molecule has 16 heavy (non-hydrogen) atoms. The first-order valence-electron chi connectivity index (χ1n) is 5.87. The average Bonchev–Trinajstić information content (AvgIpc) is 2.17. The summed E-state index contributed by atoms with van der Waals surface area (Å²) in [5.74, 6) is 0.249. The van der Waals surface area contributed by atoms with Crippen molar-refractivity contribution in [1.82, 2.24) is 0 Å². The third-order valence-corrected chi connectivity index (χ3v) is 2.79. The van der Waals surface area contributed by atoms with Gasteiger partial charge in [0.15, 0.2) is 0 Å². The molecule has 0 bridgehead atoms. The van der Waals surface area contributed by atoms with Gasteiger partial charge in [-0.15, -0.1) is 0 Å². The van der Waals surface area contributed by atoms with Crippen LogP contribution in [0, 0.1) is 6.92 Å². The van der Waals surface area contributed by atoms with Crippen molar-refractivity contribution < 1.29 is 4.79 Å². The molecule has 0 fully saturated rings. The van der Waals surface area contributed by atoms with Crippen LogP contribution in [0.15, 0.2) is 24.3 Å². The number of ketones is 1. The Morgan fingerprint density at radius 3 is 2.62 bits per heavy atom. The third-order valence-electron chi connectivity index (χ3n) is 2.79. The molecule has 0 aromatic heterocycles. The van der Waals surface area contributed by atoms with Gasteiger partial charge in [-0.25, -0.2) is 0 Å². The fourth-order valence-corrected chi connectivity index (χ4v) is 2.08. The third kappa shape index (κ3) is 3.37. The Morgan fingerprint density at radius 2 is 2.12 bits per heavy atom. The summed E-state index contributed by atoms with van der Waals surface area (Å²) >= 11 is 0. The highest BCUT2D eigenvalue weighted by Gasteiger charge is 2.14. The van der Waals surface area contributed by atoms with Gasteiger partial charge >= 0.3 is 0 Å². The Bertz CT molecular complexity index is 360. The number of benzene rings is 1. The van der Waals surface area contributed by atoms with E-state index >= 15 is 0 Å². The van der Waals surface area contributed by atoms with Crippen molar-refractivity contribution in [2.45, 2.75) is 40.2 Å². The van der Waals surface area contributed by atoms with Gasteiger partial charge in [0.25, 0.3) is 0 Å². The molecular weight excluding hydrogens is 198 g/mol. The van der Waals surface area contributed by atoms with E-state index in [2.05, 4.69) is 49.9 Å². The van der Waals surface area contributed by atoms with Crippen molar-refractivity contribution in [3.63, 3.8) is 0 Å². The number of hydrogen-bond donors (Lipinski definition) is 0.